The van der Waals surface area contributed by atoms with Gasteiger partial charge in [0.1, 0.15) is 17.9 Å². The first kappa shape index (κ1) is 23.2. The van der Waals surface area contributed by atoms with Crippen LogP contribution in [0.15, 0.2) is 48.5 Å². The highest BCUT2D eigenvalue weighted by molar-refractivity contribution is 6.05. The molecule has 1 saturated carbocycles. The predicted octanol–water partition coefficient (Wildman–Crippen LogP) is 2.22. The molecular formula is C28H32N4O4. The molecule has 3 fully saturated rings. The van der Waals surface area contributed by atoms with Crippen LogP contribution in [0.4, 0.5) is 0 Å². The second kappa shape index (κ2) is 9.67. The monoisotopic (exact) mass is 488 g/mol. The van der Waals surface area contributed by atoms with Crippen LogP contribution in [0.25, 0.3) is 0 Å². The molecule has 0 spiro atoms. The first-order chi connectivity index (χ1) is 17.5. The van der Waals surface area contributed by atoms with Gasteiger partial charge >= 0.3 is 0 Å². The highest BCUT2D eigenvalue weighted by atomic mass is 16.5. The Kier molecular flexibility index (Phi) is 6.23. The van der Waals surface area contributed by atoms with E-state index in [1.54, 1.807) is 4.90 Å². The maximum absolute atomic E-state index is 13.0. The quantitative estimate of drug-likeness (QED) is 0.581. The van der Waals surface area contributed by atoms with Gasteiger partial charge < -0.3 is 15.0 Å². The molecule has 1 unspecified atom stereocenters. The van der Waals surface area contributed by atoms with Crippen LogP contribution in [0.3, 0.4) is 0 Å². The zero-order valence-corrected chi connectivity index (χ0v) is 20.3. The van der Waals surface area contributed by atoms with Gasteiger partial charge in [0.15, 0.2) is 0 Å². The standard InChI is InChI=1S/C28H32N4O4/c33-26-11-10-24(27(34)30-26)32-16-19-14-21(8-9-22(19)28(32)35)36-25-17-31(15-18-4-2-1-3-5-18)13-12-23(25)29-20-6-7-20/h1-5,8-9,14,20,23-25,29H,6-7,10-13,15-17H2,(H,30,33,34)/t23-,24?,25-/m1/s1. The topological polar surface area (TPSA) is 91.0 Å². The summed E-state index contributed by atoms with van der Waals surface area (Å²) >= 11 is 0. The number of piperidine rings is 2. The van der Waals surface area contributed by atoms with Crippen molar-refractivity contribution in [3.05, 3.63) is 65.2 Å². The lowest BCUT2D eigenvalue weighted by Crippen LogP contribution is -2.55. The van der Waals surface area contributed by atoms with Crippen molar-refractivity contribution in [1.82, 2.24) is 20.4 Å². The Morgan fingerprint density at radius 2 is 1.83 bits per heavy atom. The molecule has 8 nitrogen and oxygen atoms in total. The molecule has 2 aromatic rings. The van der Waals surface area contributed by atoms with Crippen molar-refractivity contribution in [1.29, 1.82) is 0 Å². The molecule has 3 amide bonds. The molecule has 1 aliphatic carbocycles. The van der Waals surface area contributed by atoms with Crippen LogP contribution in [0.2, 0.25) is 0 Å². The number of imide groups is 1. The second-order valence-corrected chi connectivity index (χ2v) is 10.4. The zero-order valence-electron chi connectivity index (χ0n) is 20.3. The largest absolute Gasteiger partial charge is 0.487 e. The number of carbonyl (C=O) groups excluding carboxylic acids is 3. The molecule has 0 aromatic heterocycles. The fourth-order valence-corrected chi connectivity index (χ4v) is 5.63. The van der Waals surface area contributed by atoms with Crippen molar-refractivity contribution in [3.63, 3.8) is 0 Å². The summed E-state index contributed by atoms with van der Waals surface area (Å²) in [7, 11) is 0. The number of benzene rings is 2. The molecule has 3 heterocycles. The molecule has 36 heavy (non-hydrogen) atoms. The number of hydrogen-bond donors (Lipinski definition) is 2. The van der Waals surface area contributed by atoms with E-state index in [-0.39, 0.29) is 24.3 Å². The van der Waals surface area contributed by atoms with Gasteiger partial charge in [-0.1, -0.05) is 30.3 Å². The summed E-state index contributed by atoms with van der Waals surface area (Å²) in [4.78, 5) is 40.9. The second-order valence-electron chi connectivity index (χ2n) is 10.4. The van der Waals surface area contributed by atoms with Gasteiger partial charge in [-0.05, 0) is 55.0 Å². The minimum absolute atomic E-state index is 0.00412. The highest BCUT2D eigenvalue weighted by Gasteiger charge is 2.40. The van der Waals surface area contributed by atoms with E-state index in [0.717, 1.165) is 37.4 Å². The van der Waals surface area contributed by atoms with E-state index in [0.29, 0.717) is 30.6 Å². The van der Waals surface area contributed by atoms with Crippen molar-refractivity contribution in [2.75, 3.05) is 13.1 Å². The normalized spacial score (nSPS) is 26.6. The Morgan fingerprint density at radius 1 is 1.00 bits per heavy atom. The molecule has 2 saturated heterocycles. The predicted molar refractivity (Wildman–Crippen MR) is 133 cm³/mol. The van der Waals surface area contributed by atoms with Gasteiger partial charge in [0, 0.05) is 50.2 Å². The number of amides is 3. The van der Waals surface area contributed by atoms with Crippen molar-refractivity contribution in [2.24, 2.45) is 0 Å². The van der Waals surface area contributed by atoms with Gasteiger partial charge in [-0.2, -0.15) is 0 Å². The Balaban J connectivity index is 1.16. The summed E-state index contributed by atoms with van der Waals surface area (Å²) in [6.07, 6.45) is 4.11. The lowest BCUT2D eigenvalue weighted by Gasteiger charge is -2.39. The van der Waals surface area contributed by atoms with E-state index in [9.17, 15) is 14.4 Å². The molecule has 2 aromatic carbocycles. The van der Waals surface area contributed by atoms with E-state index < -0.39 is 11.9 Å². The minimum atomic E-state index is -0.607. The molecule has 0 bridgehead atoms. The first-order valence-electron chi connectivity index (χ1n) is 13.0. The van der Waals surface area contributed by atoms with Crippen molar-refractivity contribution in [2.45, 2.75) is 69.4 Å². The molecular weight excluding hydrogens is 456 g/mol. The summed E-state index contributed by atoms with van der Waals surface area (Å²) in [5, 5.41) is 6.14. The first-order valence-corrected chi connectivity index (χ1v) is 13.0. The van der Waals surface area contributed by atoms with Gasteiger partial charge in [0.05, 0.1) is 0 Å². The third-order valence-electron chi connectivity index (χ3n) is 7.70. The number of nitrogens with zero attached hydrogens (tertiary/aromatic N) is 2. The SMILES string of the molecule is O=C1CCC(N2Cc3cc(O[C@@H]4CN(Cc5ccccc5)CC[C@H]4NC4CC4)ccc3C2=O)C(=O)N1. The van der Waals surface area contributed by atoms with Crippen LogP contribution in [0.5, 0.6) is 5.75 Å². The Morgan fingerprint density at radius 3 is 2.61 bits per heavy atom. The number of nitrogens with one attached hydrogen (secondary N) is 2. The fourth-order valence-electron chi connectivity index (χ4n) is 5.63. The fraction of sp³-hybridized carbons (Fsp3) is 0.464. The molecule has 3 aliphatic heterocycles. The molecule has 4 aliphatic rings. The van der Waals surface area contributed by atoms with E-state index in [1.165, 1.54) is 18.4 Å². The van der Waals surface area contributed by atoms with Gasteiger partial charge in [0.2, 0.25) is 11.8 Å². The number of likely N-dealkylation sites (tertiary alicyclic amines) is 1. The smallest absolute Gasteiger partial charge is 0.255 e. The maximum atomic E-state index is 13.0. The van der Waals surface area contributed by atoms with Gasteiger partial charge in [-0.25, -0.2) is 0 Å². The van der Waals surface area contributed by atoms with Crippen molar-refractivity contribution < 1.29 is 19.1 Å². The van der Waals surface area contributed by atoms with Crippen LogP contribution >= 0.6 is 0 Å². The summed E-state index contributed by atoms with van der Waals surface area (Å²) in [5.74, 6) is -0.0790. The third kappa shape index (κ3) is 4.88. The molecule has 188 valence electrons. The van der Waals surface area contributed by atoms with Crippen LogP contribution in [-0.4, -0.2) is 64.8 Å². The minimum Gasteiger partial charge on any atom is -0.487 e. The molecule has 8 heteroatoms. The van der Waals surface area contributed by atoms with Gasteiger partial charge in [0.25, 0.3) is 5.91 Å². The highest BCUT2D eigenvalue weighted by Crippen LogP contribution is 2.32. The lowest BCUT2D eigenvalue weighted by molar-refractivity contribution is -0.136. The van der Waals surface area contributed by atoms with Gasteiger partial charge in [-0.15, -0.1) is 0 Å². The molecule has 6 rings (SSSR count). The Labute approximate surface area is 211 Å². The van der Waals surface area contributed by atoms with Gasteiger partial charge in [-0.3, -0.25) is 24.6 Å². The molecule has 2 N–H and O–H groups in total. The van der Waals surface area contributed by atoms with Crippen LogP contribution in [0, 0.1) is 0 Å². The lowest BCUT2D eigenvalue weighted by atomic mass is 10.0. The zero-order chi connectivity index (χ0) is 24.6. The summed E-state index contributed by atoms with van der Waals surface area (Å²) in [6.45, 7) is 3.11. The van der Waals surface area contributed by atoms with Crippen LogP contribution < -0.4 is 15.4 Å². The van der Waals surface area contributed by atoms with Crippen molar-refractivity contribution >= 4 is 17.7 Å². The average molecular weight is 489 g/mol. The molecule has 0 radical (unpaired) electrons. The number of rotatable bonds is 7. The van der Waals surface area contributed by atoms with Crippen LogP contribution in [0.1, 0.15) is 53.6 Å². The van der Waals surface area contributed by atoms with Crippen molar-refractivity contribution in [3.8, 4) is 5.75 Å². The molecule has 3 atom stereocenters. The third-order valence-corrected chi connectivity index (χ3v) is 7.70. The number of carbonyl (C=O) groups is 3. The Hall–Kier alpha value is -3.23. The summed E-state index contributed by atoms with van der Waals surface area (Å²) in [6, 6.07) is 16.4. The summed E-state index contributed by atoms with van der Waals surface area (Å²) < 4.78 is 6.58. The van der Waals surface area contributed by atoms with E-state index >= 15 is 0 Å². The van der Waals surface area contributed by atoms with E-state index in [1.807, 2.05) is 24.3 Å². The average Bonchev–Trinajstić information content (AvgIpc) is 3.63. The Bertz CT molecular complexity index is 1170. The number of fused-ring (bicyclic) bond motifs is 1. The van der Waals surface area contributed by atoms with E-state index in [2.05, 4.69) is 39.8 Å². The number of ether oxygens (including phenoxy) is 1. The van der Waals surface area contributed by atoms with E-state index in [4.69, 9.17) is 4.74 Å². The van der Waals surface area contributed by atoms with Crippen LogP contribution in [-0.2, 0) is 22.7 Å². The summed E-state index contributed by atoms with van der Waals surface area (Å²) in [5.41, 5.74) is 2.77. The maximum Gasteiger partial charge on any atom is 0.255 e. The number of hydrogen-bond acceptors (Lipinski definition) is 6.